The van der Waals surface area contributed by atoms with Crippen LogP contribution in [0.3, 0.4) is 0 Å². The maximum atomic E-state index is 13.6. The van der Waals surface area contributed by atoms with Gasteiger partial charge in [-0.05, 0) is 23.6 Å². The Morgan fingerprint density at radius 1 is 1.03 bits per heavy atom. The van der Waals surface area contributed by atoms with Gasteiger partial charge in [0.1, 0.15) is 12.4 Å². The van der Waals surface area contributed by atoms with Crippen LogP contribution in [0.4, 0.5) is 22.0 Å². The highest BCUT2D eigenvalue weighted by molar-refractivity contribution is 7.12. The molecule has 2 N–H and O–H groups in total. The van der Waals surface area contributed by atoms with Gasteiger partial charge in [0.2, 0.25) is 34.8 Å². The third-order valence-corrected chi connectivity index (χ3v) is 4.28. The quantitative estimate of drug-likeness (QED) is 0.121. The number of halogens is 5. The van der Waals surface area contributed by atoms with Crippen LogP contribution in [0.15, 0.2) is 39.2 Å². The van der Waals surface area contributed by atoms with Crippen molar-refractivity contribution in [3.05, 3.63) is 75.1 Å². The van der Waals surface area contributed by atoms with Crippen LogP contribution in [0, 0.1) is 29.1 Å². The second-order valence-electron chi connectivity index (χ2n) is 5.29. The Bertz CT molecular complexity index is 1050. The van der Waals surface area contributed by atoms with Crippen molar-refractivity contribution in [3.8, 4) is 5.75 Å². The third kappa shape index (κ3) is 4.21. The molecule has 0 saturated carbocycles. The zero-order valence-electron chi connectivity index (χ0n) is 14.0. The first-order valence-corrected chi connectivity index (χ1v) is 8.49. The molecule has 0 spiro atoms. The fourth-order valence-corrected chi connectivity index (χ4v) is 2.64. The molecule has 12 heteroatoms. The van der Waals surface area contributed by atoms with Gasteiger partial charge in [0.15, 0.2) is 11.6 Å². The van der Waals surface area contributed by atoms with Gasteiger partial charge in [-0.2, -0.15) is 8.78 Å². The Morgan fingerprint density at radius 2 is 1.69 bits per heavy atom. The Kier molecular flexibility index (Phi) is 5.82. The van der Waals surface area contributed by atoms with Crippen molar-refractivity contribution in [2.75, 3.05) is 0 Å². The molecule has 2 heterocycles. The second-order valence-corrected chi connectivity index (χ2v) is 6.23. The molecule has 29 heavy (non-hydrogen) atoms. The minimum Gasteiger partial charge on any atom is -0.479 e. The summed E-state index contributed by atoms with van der Waals surface area (Å²) < 4.78 is 76.1. The Balaban J connectivity index is 1.67. The molecule has 0 atom stereocenters. The predicted molar refractivity (Wildman–Crippen MR) is 89.7 cm³/mol. The van der Waals surface area contributed by atoms with Gasteiger partial charge in [-0.25, -0.2) is 18.0 Å². The van der Waals surface area contributed by atoms with E-state index < -0.39 is 47.4 Å². The van der Waals surface area contributed by atoms with Crippen LogP contribution in [-0.2, 0) is 11.4 Å². The summed E-state index contributed by atoms with van der Waals surface area (Å²) >= 11 is 1.27. The number of ether oxygens (including phenoxy) is 1. The number of thiophene rings is 1. The number of hydrogen-bond donors (Lipinski definition) is 1. The molecule has 6 nitrogen and oxygen atoms in total. The van der Waals surface area contributed by atoms with Crippen LogP contribution in [0.25, 0.3) is 0 Å². The zero-order valence-corrected chi connectivity index (χ0v) is 14.9. The lowest BCUT2D eigenvalue weighted by Crippen LogP contribution is -2.13. The van der Waals surface area contributed by atoms with Gasteiger partial charge in [0.05, 0.1) is 4.88 Å². The summed E-state index contributed by atoms with van der Waals surface area (Å²) in [6, 6.07) is 5.68. The number of carbonyl (C=O) groups is 1. The minimum absolute atomic E-state index is 0.0465. The van der Waals surface area contributed by atoms with Gasteiger partial charge in [0.25, 0.3) is 0 Å². The Morgan fingerprint density at radius 3 is 2.31 bits per heavy atom. The number of furan rings is 1. The highest BCUT2D eigenvalue weighted by atomic mass is 32.1. The molecule has 0 saturated heterocycles. The van der Waals surface area contributed by atoms with Gasteiger partial charge in [0, 0.05) is 0 Å². The molecule has 3 aromatic rings. The van der Waals surface area contributed by atoms with Gasteiger partial charge in [-0.1, -0.05) is 11.2 Å². The molecule has 0 amide bonds. The van der Waals surface area contributed by atoms with Crippen LogP contribution in [0.1, 0.15) is 21.2 Å². The molecular formula is C17H9F5N2O4S. The number of nitrogens with zero attached hydrogens (tertiary/aromatic N) is 1. The van der Waals surface area contributed by atoms with Crippen LogP contribution >= 0.6 is 11.3 Å². The summed E-state index contributed by atoms with van der Waals surface area (Å²) in [4.78, 5) is 17.0. The summed E-state index contributed by atoms with van der Waals surface area (Å²) in [5.41, 5.74) is 5.62. The van der Waals surface area contributed by atoms with Crippen LogP contribution < -0.4 is 10.5 Å². The summed E-state index contributed by atoms with van der Waals surface area (Å²) in [5, 5.41) is 5.18. The van der Waals surface area contributed by atoms with Gasteiger partial charge in [-0.3, -0.25) is 0 Å². The molecule has 0 aliphatic carbocycles. The topological polar surface area (TPSA) is 87.1 Å². The average Bonchev–Trinajstić information content (AvgIpc) is 3.41. The predicted octanol–water partition coefficient (Wildman–Crippen LogP) is 4.09. The van der Waals surface area contributed by atoms with E-state index in [2.05, 4.69) is 14.7 Å². The van der Waals surface area contributed by atoms with Crippen LogP contribution in [0.2, 0.25) is 0 Å². The first-order valence-electron chi connectivity index (χ1n) is 7.61. The molecule has 3 rings (SSSR count). The van der Waals surface area contributed by atoms with Crippen molar-refractivity contribution in [1.82, 2.24) is 0 Å². The first-order chi connectivity index (χ1) is 13.8. The number of rotatable bonds is 6. The third-order valence-electron chi connectivity index (χ3n) is 3.39. The van der Waals surface area contributed by atoms with Gasteiger partial charge < -0.3 is 19.7 Å². The smallest absolute Gasteiger partial charge is 0.400 e. The lowest BCUT2D eigenvalue weighted by atomic mass is 10.2. The number of benzene rings is 1. The number of hydrogen-bond acceptors (Lipinski definition) is 6. The normalized spacial score (nSPS) is 11.6. The lowest BCUT2D eigenvalue weighted by molar-refractivity contribution is 0.0475. The molecule has 0 aliphatic heterocycles. The largest absolute Gasteiger partial charge is 0.479 e. The van der Waals surface area contributed by atoms with Crippen LogP contribution in [0.5, 0.6) is 5.75 Å². The van der Waals surface area contributed by atoms with E-state index in [9.17, 15) is 26.7 Å². The van der Waals surface area contributed by atoms with Crippen molar-refractivity contribution >= 4 is 23.1 Å². The highest BCUT2D eigenvalue weighted by Gasteiger charge is 2.27. The monoisotopic (exact) mass is 432 g/mol. The van der Waals surface area contributed by atoms with E-state index in [1.54, 1.807) is 17.5 Å². The summed E-state index contributed by atoms with van der Waals surface area (Å²) in [5.74, 6) is -13.9. The van der Waals surface area contributed by atoms with Crippen molar-refractivity contribution in [2.24, 2.45) is 10.9 Å². The molecule has 0 aliphatic rings. The van der Waals surface area contributed by atoms with E-state index in [0.717, 1.165) is 6.07 Å². The van der Waals surface area contributed by atoms with Gasteiger partial charge in [-0.15, -0.1) is 11.3 Å². The van der Waals surface area contributed by atoms with Crippen molar-refractivity contribution < 1.29 is 40.7 Å². The van der Waals surface area contributed by atoms with E-state index in [1.165, 1.54) is 17.4 Å². The summed E-state index contributed by atoms with van der Waals surface area (Å²) in [6.45, 7) is -0.730. The molecule has 1 aromatic carbocycles. The fraction of sp³-hybridized carbons (Fsp3) is 0.0588. The second kappa shape index (κ2) is 8.31. The summed E-state index contributed by atoms with van der Waals surface area (Å²) in [6.07, 6.45) is 0. The highest BCUT2D eigenvalue weighted by Crippen LogP contribution is 2.29. The Hall–Kier alpha value is -3.41. The lowest BCUT2D eigenvalue weighted by Gasteiger charge is -2.09. The molecule has 0 fully saturated rings. The Labute approximate surface area is 162 Å². The van der Waals surface area contributed by atoms with Crippen LogP contribution in [-0.4, -0.2) is 11.8 Å². The molecule has 152 valence electrons. The maximum absolute atomic E-state index is 13.6. The van der Waals surface area contributed by atoms with E-state index in [-0.39, 0.29) is 17.4 Å². The molecule has 0 radical (unpaired) electrons. The zero-order chi connectivity index (χ0) is 21.1. The summed E-state index contributed by atoms with van der Waals surface area (Å²) in [7, 11) is 0. The molecule has 2 aromatic heterocycles. The SMILES string of the molecule is N/C(=N\OC(=O)c1ccc(COc2c(F)c(F)c(F)c(F)c2F)o1)c1cccs1. The number of carbonyl (C=O) groups excluding carboxylic acids is 1. The molecule has 0 unspecified atom stereocenters. The molecular weight excluding hydrogens is 423 g/mol. The number of oxime groups is 1. The minimum atomic E-state index is -2.31. The maximum Gasteiger partial charge on any atom is 0.400 e. The standard InChI is InChI=1S/C17H9F5N2O4S/c18-10-11(19)13(21)15(14(22)12(10)20)26-6-7-3-4-8(27-7)17(25)28-24-16(23)9-2-1-5-29-9/h1-5H,6H2,(H2,23,24). The van der Waals surface area contributed by atoms with E-state index >= 15 is 0 Å². The van der Waals surface area contributed by atoms with Gasteiger partial charge >= 0.3 is 5.97 Å². The van der Waals surface area contributed by atoms with E-state index in [1.807, 2.05) is 0 Å². The number of nitrogens with two attached hydrogens (primary N) is 1. The van der Waals surface area contributed by atoms with E-state index in [4.69, 9.17) is 10.2 Å². The number of amidine groups is 1. The van der Waals surface area contributed by atoms with Crippen molar-refractivity contribution in [2.45, 2.75) is 6.61 Å². The van der Waals surface area contributed by atoms with Crippen molar-refractivity contribution in [1.29, 1.82) is 0 Å². The average molecular weight is 432 g/mol. The fourth-order valence-electron chi connectivity index (χ4n) is 2.02. The van der Waals surface area contributed by atoms with E-state index in [0.29, 0.717) is 4.88 Å². The first kappa shape index (κ1) is 20.3. The van der Waals surface area contributed by atoms with Crippen molar-refractivity contribution in [3.63, 3.8) is 0 Å². The molecule has 0 bridgehead atoms.